The van der Waals surface area contributed by atoms with Gasteiger partial charge in [-0.05, 0) is 28.1 Å². The maximum absolute atomic E-state index is 5.81. The van der Waals surface area contributed by atoms with Crippen LogP contribution in [0.2, 0.25) is 5.02 Å². The van der Waals surface area contributed by atoms with Gasteiger partial charge in [0.2, 0.25) is 0 Å². The number of hydrogen-bond donors (Lipinski definition) is 0. The molecule has 1 rings (SSSR count). The van der Waals surface area contributed by atoms with Crippen molar-refractivity contribution < 1.29 is 4.74 Å². The summed E-state index contributed by atoms with van der Waals surface area (Å²) in [6.07, 6.45) is 0. The summed E-state index contributed by atoms with van der Waals surface area (Å²) in [5.74, 6) is 1.14. The lowest BCUT2D eigenvalue weighted by molar-refractivity contribution is 0.408. The third kappa shape index (κ3) is 2.06. The molecule has 1 aromatic carbocycles. The van der Waals surface area contributed by atoms with Crippen LogP contribution in [0.1, 0.15) is 5.56 Å². The number of benzene rings is 1. The van der Waals surface area contributed by atoms with Crippen LogP contribution in [-0.2, 0) is 5.88 Å². The molecule has 0 N–H and O–H groups in total. The lowest BCUT2D eigenvalue weighted by Crippen LogP contribution is -1.90. The van der Waals surface area contributed by atoms with E-state index in [0.717, 1.165) is 15.8 Å². The minimum Gasteiger partial charge on any atom is -0.495 e. The van der Waals surface area contributed by atoms with Gasteiger partial charge in [-0.2, -0.15) is 0 Å². The summed E-state index contributed by atoms with van der Waals surface area (Å²) in [4.78, 5) is 0. The summed E-state index contributed by atoms with van der Waals surface area (Å²) in [6.45, 7) is 0. The number of halogens is 3. The number of methoxy groups -OCH3 is 1. The Kier molecular flexibility index (Phi) is 3.69. The van der Waals surface area contributed by atoms with Crippen LogP contribution in [0.15, 0.2) is 16.6 Å². The summed E-state index contributed by atoms with van der Waals surface area (Å²) in [5, 5.41) is 0.651. The third-order valence-electron chi connectivity index (χ3n) is 1.43. The Morgan fingerprint density at radius 2 is 2.17 bits per heavy atom. The van der Waals surface area contributed by atoms with E-state index in [9.17, 15) is 0 Å². The highest BCUT2D eigenvalue weighted by molar-refractivity contribution is 9.10. The molecule has 0 aromatic heterocycles. The second-order valence-electron chi connectivity index (χ2n) is 2.21. The van der Waals surface area contributed by atoms with E-state index >= 15 is 0 Å². The summed E-state index contributed by atoms with van der Waals surface area (Å²) >= 11 is 14.8. The molecule has 0 amide bonds. The van der Waals surface area contributed by atoms with Crippen LogP contribution >= 0.6 is 39.1 Å². The molecule has 0 saturated heterocycles. The van der Waals surface area contributed by atoms with Crippen LogP contribution in [0.25, 0.3) is 0 Å². The molecular weight excluding hydrogens is 263 g/mol. The maximum Gasteiger partial charge on any atom is 0.137 e. The Labute approximate surface area is 89.7 Å². The van der Waals surface area contributed by atoms with E-state index in [1.54, 1.807) is 19.2 Å². The minimum absolute atomic E-state index is 0.391. The highest BCUT2D eigenvalue weighted by Gasteiger charge is 2.07. The third-order valence-corrected chi connectivity index (χ3v) is 2.53. The first-order valence-electron chi connectivity index (χ1n) is 3.27. The van der Waals surface area contributed by atoms with E-state index < -0.39 is 0 Å². The van der Waals surface area contributed by atoms with E-state index in [2.05, 4.69) is 15.9 Å². The van der Waals surface area contributed by atoms with Gasteiger partial charge >= 0.3 is 0 Å². The first-order valence-corrected chi connectivity index (χ1v) is 4.97. The van der Waals surface area contributed by atoms with Crippen LogP contribution in [0.5, 0.6) is 5.75 Å². The van der Waals surface area contributed by atoms with Crippen molar-refractivity contribution in [2.75, 3.05) is 7.11 Å². The molecule has 12 heavy (non-hydrogen) atoms. The van der Waals surface area contributed by atoms with Crippen LogP contribution < -0.4 is 4.74 Å². The first kappa shape index (κ1) is 10.2. The van der Waals surface area contributed by atoms with Crippen LogP contribution in [0.4, 0.5) is 0 Å². The average molecular weight is 270 g/mol. The minimum atomic E-state index is 0.391. The van der Waals surface area contributed by atoms with Gasteiger partial charge in [0, 0.05) is 10.6 Å². The fraction of sp³-hybridized carbons (Fsp3) is 0.250. The van der Waals surface area contributed by atoms with Gasteiger partial charge in [-0.3, -0.25) is 0 Å². The zero-order valence-corrected chi connectivity index (χ0v) is 9.50. The summed E-state index contributed by atoms with van der Waals surface area (Å²) < 4.78 is 5.96. The van der Waals surface area contributed by atoms with Gasteiger partial charge in [-0.25, -0.2) is 0 Å². The molecule has 0 atom stereocenters. The molecule has 1 aromatic rings. The normalized spacial score (nSPS) is 10.0. The molecule has 0 saturated carbocycles. The second kappa shape index (κ2) is 4.35. The summed E-state index contributed by atoms with van der Waals surface area (Å²) in [5.41, 5.74) is 0.888. The number of hydrogen-bond acceptors (Lipinski definition) is 1. The molecule has 0 heterocycles. The van der Waals surface area contributed by atoms with Crippen molar-refractivity contribution in [2.45, 2.75) is 5.88 Å². The standard InChI is InChI=1S/C8H7BrCl2O/c1-12-8-5(4-10)2-6(11)3-7(8)9/h2-3H,4H2,1H3. The predicted octanol–water partition coefficient (Wildman–Crippen LogP) is 3.85. The Morgan fingerprint density at radius 1 is 1.50 bits per heavy atom. The van der Waals surface area contributed by atoms with Crippen molar-refractivity contribution in [1.82, 2.24) is 0 Å². The van der Waals surface area contributed by atoms with E-state index in [0.29, 0.717) is 10.9 Å². The number of alkyl halides is 1. The van der Waals surface area contributed by atoms with Crippen molar-refractivity contribution in [3.05, 3.63) is 27.2 Å². The van der Waals surface area contributed by atoms with E-state index in [1.165, 1.54) is 0 Å². The number of rotatable bonds is 2. The summed E-state index contributed by atoms with van der Waals surface area (Å²) in [7, 11) is 1.60. The van der Waals surface area contributed by atoms with Gasteiger partial charge in [-0.1, -0.05) is 11.6 Å². The molecular formula is C8H7BrCl2O. The van der Waals surface area contributed by atoms with Crippen LogP contribution in [0, 0.1) is 0 Å². The van der Waals surface area contributed by atoms with Crippen molar-refractivity contribution >= 4 is 39.1 Å². The molecule has 0 unspecified atom stereocenters. The van der Waals surface area contributed by atoms with Crippen molar-refractivity contribution in [3.63, 3.8) is 0 Å². The maximum atomic E-state index is 5.81. The molecule has 0 aliphatic heterocycles. The molecule has 0 spiro atoms. The Morgan fingerprint density at radius 3 is 2.67 bits per heavy atom. The Balaban J connectivity index is 3.24. The fourth-order valence-corrected chi connectivity index (χ4v) is 2.18. The monoisotopic (exact) mass is 268 g/mol. The predicted molar refractivity (Wildman–Crippen MR) is 55.3 cm³/mol. The van der Waals surface area contributed by atoms with Gasteiger partial charge in [-0.15, -0.1) is 11.6 Å². The molecule has 0 aliphatic rings. The van der Waals surface area contributed by atoms with E-state index in [4.69, 9.17) is 27.9 Å². The van der Waals surface area contributed by atoms with Crippen LogP contribution in [-0.4, -0.2) is 7.11 Å². The largest absolute Gasteiger partial charge is 0.495 e. The van der Waals surface area contributed by atoms with Gasteiger partial charge in [0.1, 0.15) is 5.75 Å². The van der Waals surface area contributed by atoms with E-state index in [1.807, 2.05) is 0 Å². The van der Waals surface area contributed by atoms with E-state index in [-0.39, 0.29) is 0 Å². The highest BCUT2D eigenvalue weighted by Crippen LogP contribution is 2.33. The molecule has 0 aliphatic carbocycles. The zero-order valence-electron chi connectivity index (χ0n) is 6.40. The molecule has 0 radical (unpaired) electrons. The Bertz CT molecular complexity index is 289. The van der Waals surface area contributed by atoms with Crippen molar-refractivity contribution in [1.29, 1.82) is 0 Å². The van der Waals surface area contributed by atoms with Crippen molar-refractivity contribution in [3.8, 4) is 5.75 Å². The van der Waals surface area contributed by atoms with Gasteiger partial charge in [0.05, 0.1) is 17.5 Å². The van der Waals surface area contributed by atoms with Gasteiger partial charge in [0.25, 0.3) is 0 Å². The van der Waals surface area contributed by atoms with Gasteiger partial charge < -0.3 is 4.74 Å². The summed E-state index contributed by atoms with van der Waals surface area (Å²) in [6, 6.07) is 3.56. The Hall–Kier alpha value is 0.0800. The first-order chi connectivity index (χ1) is 5.69. The molecule has 1 nitrogen and oxygen atoms in total. The number of ether oxygens (including phenoxy) is 1. The molecule has 0 bridgehead atoms. The van der Waals surface area contributed by atoms with Crippen LogP contribution in [0.3, 0.4) is 0 Å². The second-order valence-corrected chi connectivity index (χ2v) is 3.77. The molecule has 0 fully saturated rings. The van der Waals surface area contributed by atoms with Gasteiger partial charge in [0.15, 0.2) is 0 Å². The smallest absolute Gasteiger partial charge is 0.137 e. The molecule has 66 valence electrons. The lowest BCUT2D eigenvalue weighted by atomic mass is 10.2. The fourth-order valence-electron chi connectivity index (χ4n) is 0.942. The highest BCUT2D eigenvalue weighted by atomic mass is 79.9. The topological polar surface area (TPSA) is 9.23 Å². The zero-order chi connectivity index (χ0) is 9.14. The molecule has 4 heteroatoms. The lowest BCUT2D eigenvalue weighted by Gasteiger charge is -2.08. The SMILES string of the molecule is COc1c(Br)cc(Cl)cc1CCl. The average Bonchev–Trinajstić information content (AvgIpc) is 2.03. The quantitative estimate of drug-likeness (QED) is 0.741. The van der Waals surface area contributed by atoms with Crippen molar-refractivity contribution in [2.24, 2.45) is 0 Å².